The second-order valence-electron chi connectivity index (χ2n) is 6.13. The quantitative estimate of drug-likeness (QED) is 0.619. The van der Waals surface area contributed by atoms with E-state index in [1.165, 1.54) is 25.6 Å². The highest BCUT2D eigenvalue weighted by Crippen LogP contribution is 2.35. The number of fused-ring (bicyclic) bond motifs is 2. The van der Waals surface area contributed by atoms with Crippen molar-refractivity contribution in [2.75, 3.05) is 27.4 Å². The normalized spacial score (nSPS) is 13.2. The van der Waals surface area contributed by atoms with Gasteiger partial charge in [-0.1, -0.05) is 17.3 Å². The molecule has 7 nitrogen and oxygen atoms in total. The van der Waals surface area contributed by atoms with E-state index in [2.05, 4.69) is 10.9 Å². The first kappa shape index (κ1) is 18.9. The fourth-order valence-electron chi connectivity index (χ4n) is 3.06. The summed E-state index contributed by atoms with van der Waals surface area (Å²) >= 11 is 1.37. The summed E-state index contributed by atoms with van der Waals surface area (Å²) in [6.45, 7) is 1.27. The monoisotopic (exact) mass is 410 g/mol. The zero-order chi connectivity index (χ0) is 20.4. The van der Waals surface area contributed by atoms with E-state index in [0.717, 1.165) is 10.2 Å². The van der Waals surface area contributed by atoms with Gasteiger partial charge in [-0.2, -0.15) is 4.99 Å². The van der Waals surface area contributed by atoms with Crippen LogP contribution in [0.5, 0.6) is 23.0 Å². The molecule has 1 aliphatic rings. The highest BCUT2D eigenvalue weighted by Gasteiger charge is 2.17. The van der Waals surface area contributed by atoms with Crippen LogP contribution in [-0.4, -0.2) is 37.9 Å². The predicted octanol–water partition coefficient (Wildman–Crippen LogP) is 2.87. The summed E-state index contributed by atoms with van der Waals surface area (Å²) in [5, 5.41) is 0. The van der Waals surface area contributed by atoms with Gasteiger partial charge in [-0.15, -0.1) is 6.42 Å². The molecule has 0 spiro atoms. The molecule has 0 aliphatic carbocycles. The Balaban J connectivity index is 1.82. The molecular weight excluding hydrogens is 392 g/mol. The van der Waals surface area contributed by atoms with Crippen LogP contribution < -0.4 is 23.7 Å². The van der Waals surface area contributed by atoms with E-state index in [-0.39, 0.29) is 6.54 Å². The Morgan fingerprint density at radius 2 is 1.90 bits per heavy atom. The number of benzene rings is 2. The van der Waals surface area contributed by atoms with Gasteiger partial charge in [0.25, 0.3) is 5.91 Å². The molecule has 4 rings (SSSR count). The molecule has 0 bridgehead atoms. The van der Waals surface area contributed by atoms with Crippen LogP contribution in [0.15, 0.2) is 35.3 Å². The van der Waals surface area contributed by atoms with E-state index in [1.807, 2.05) is 16.7 Å². The Morgan fingerprint density at radius 1 is 1.17 bits per heavy atom. The lowest BCUT2D eigenvalue weighted by molar-refractivity contribution is 0.0997. The number of thiazole rings is 1. The van der Waals surface area contributed by atoms with Crippen molar-refractivity contribution in [3.63, 3.8) is 0 Å². The maximum Gasteiger partial charge on any atom is 0.279 e. The Bertz CT molecular complexity index is 1200. The summed E-state index contributed by atoms with van der Waals surface area (Å²) in [4.78, 5) is 17.6. The highest BCUT2D eigenvalue weighted by molar-refractivity contribution is 7.16. The van der Waals surface area contributed by atoms with Crippen LogP contribution in [0.2, 0.25) is 0 Å². The molecule has 1 amide bonds. The number of carbonyl (C=O) groups is 1. The Morgan fingerprint density at radius 3 is 2.59 bits per heavy atom. The van der Waals surface area contributed by atoms with Crippen molar-refractivity contribution in [2.24, 2.45) is 4.99 Å². The van der Waals surface area contributed by atoms with Gasteiger partial charge in [0.15, 0.2) is 27.8 Å². The van der Waals surface area contributed by atoms with E-state index in [0.29, 0.717) is 46.6 Å². The zero-order valence-corrected chi connectivity index (χ0v) is 16.7. The summed E-state index contributed by atoms with van der Waals surface area (Å²) in [6, 6.07) is 8.68. The first-order valence-corrected chi connectivity index (χ1v) is 9.63. The van der Waals surface area contributed by atoms with Gasteiger partial charge in [-0.25, -0.2) is 0 Å². The number of terminal acetylenes is 1. The SMILES string of the molecule is C#CCn1c(=NC(=O)c2ccc(OC)c(OC)c2)sc2cc3c(cc21)OCCO3. The molecule has 0 fully saturated rings. The average Bonchev–Trinajstić information content (AvgIpc) is 3.07. The lowest BCUT2D eigenvalue weighted by Crippen LogP contribution is -2.17. The molecule has 0 atom stereocenters. The third kappa shape index (κ3) is 3.52. The molecule has 0 radical (unpaired) electrons. The minimum absolute atomic E-state index is 0.275. The molecule has 8 heteroatoms. The van der Waals surface area contributed by atoms with Crippen LogP contribution in [0.1, 0.15) is 10.4 Å². The standard InChI is InChI=1S/C21H18N2O5S/c1-4-7-23-14-11-17-18(28-9-8-27-17)12-19(14)29-21(23)22-20(24)13-5-6-15(25-2)16(10-13)26-3/h1,5-6,10-12H,7-9H2,2-3H3. The second kappa shape index (κ2) is 7.89. The molecule has 0 unspecified atom stereocenters. The number of amides is 1. The van der Waals surface area contributed by atoms with Crippen LogP contribution >= 0.6 is 11.3 Å². The molecule has 2 aromatic carbocycles. The Kier molecular flexibility index (Phi) is 5.14. The van der Waals surface area contributed by atoms with Crippen molar-refractivity contribution < 1.29 is 23.7 Å². The van der Waals surface area contributed by atoms with E-state index >= 15 is 0 Å². The lowest BCUT2D eigenvalue weighted by atomic mass is 10.2. The second-order valence-corrected chi connectivity index (χ2v) is 7.13. The maximum absolute atomic E-state index is 12.8. The number of carbonyl (C=O) groups excluding carboxylic acids is 1. The largest absolute Gasteiger partial charge is 0.493 e. The number of ether oxygens (including phenoxy) is 4. The van der Waals surface area contributed by atoms with Gasteiger partial charge in [0, 0.05) is 17.7 Å². The summed E-state index contributed by atoms with van der Waals surface area (Å²) in [5.74, 6) is 4.55. The molecule has 29 heavy (non-hydrogen) atoms. The fraction of sp³-hybridized carbons (Fsp3) is 0.238. The first-order valence-electron chi connectivity index (χ1n) is 8.82. The third-order valence-corrected chi connectivity index (χ3v) is 5.46. The molecular formula is C21H18N2O5S. The molecule has 148 valence electrons. The Hall–Kier alpha value is -3.44. The van der Waals surface area contributed by atoms with E-state index in [9.17, 15) is 4.79 Å². The van der Waals surface area contributed by atoms with Gasteiger partial charge < -0.3 is 23.5 Å². The van der Waals surface area contributed by atoms with Gasteiger partial charge in [0.1, 0.15) is 13.2 Å². The summed E-state index contributed by atoms with van der Waals surface area (Å²) in [7, 11) is 3.05. The molecule has 0 N–H and O–H groups in total. The van der Waals surface area contributed by atoms with Crippen LogP contribution in [-0.2, 0) is 6.54 Å². The smallest absolute Gasteiger partial charge is 0.279 e. The van der Waals surface area contributed by atoms with Crippen molar-refractivity contribution in [1.29, 1.82) is 0 Å². The van der Waals surface area contributed by atoms with Gasteiger partial charge in [0.2, 0.25) is 0 Å². The molecule has 0 saturated heterocycles. The van der Waals surface area contributed by atoms with Crippen LogP contribution in [0.25, 0.3) is 10.2 Å². The van der Waals surface area contributed by atoms with Crippen LogP contribution in [0, 0.1) is 12.3 Å². The average molecular weight is 410 g/mol. The van der Waals surface area contributed by atoms with Crippen LogP contribution in [0.3, 0.4) is 0 Å². The number of hydrogen-bond acceptors (Lipinski definition) is 6. The van der Waals surface area contributed by atoms with Crippen molar-refractivity contribution in [3.8, 4) is 35.3 Å². The van der Waals surface area contributed by atoms with Crippen LogP contribution in [0.4, 0.5) is 0 Å². The van der Waals surface area contributed by atoms with Crippen molar-refractivity contribution in [3.05, 3.63) is 40.7 Å². The maximum atomic E-state index is 12.8. The lowest BCUT2D eigenvalue weighted by Gasteiger charge is -2.18. The number of rotatable bonds is 4. The molecule has 3 aromatic rings. The highest BCUT2D eigenvalue weighted by atomic mass is 32.1. The molecule has 1 aromatic heterocycles. The third-order valence-electron chi connectivity index (χ3n) is 4.42. The van der Waals surface area contributed by atoms with Gasteiger partial charge >= 0.3 is 0 Å². The molecule has 2 heterocycles. The van der Waals surface area contributed by atoms with E-state index < -0.39 is 5.91 Å². The fourth-order valence-corrected chi connectivity index (χ4v) is 4.09. The summed E-state index contributed by atoms with van der Waals surface area (Å²) in [6.07, 6.45) is 5.55. The predicted molar refractivity (Wildman–Crippen MR) is 109 cm³/mol. The topological polar surface area (TPSA) is 71.3 Å². The van der Waals surface area contributed by atoms with Crippen molar-refractivity contribution in [2.45, 2.75) is 6.54 Å². The minimum atomic E-state index is -0.402. The summed E-state index contributed by atoms with van der Waals surface area (Å²) in [5.41, 5.74) is 1.23. The number of methoxy groups -OCH3 is 2. The Labute approximate surface area is 171 Å². The number of aromatic nitrogens is 1. The zero-order valence-electron chi connectivity index (χ0n) is 15.9. The van der Waals surface area contributed by atoms with Crippen molar-refractivity contribution >= 4 is 27.5 Å². The first-order chi connectivity index (χ1) is 14.1. The number of hydrogen-bond donors (Lipinski definition) is 0. The molecule has 1 aliphatic heterocycles. The van der Waals surface area contributed by atoms with E-state index in [4.69, 9.17) is 25.4 Å². The van der Waals surface area contributed by atoms with E-state index in [1.54, 1.807) is 18.2 Å². The van der Waals surface area contributed by atoms with Gasteiger partial charge in [-0.05, 0) is 18.2 Å². The van der Waals surface area contributed by atoms with Gasteiger partial charge in [-0.3, -0.25) is 4.79 Å². The van der Waals surface area contributed by atoms with Gasteiger partial charge in [0.05, 0.1) is 31.0 Å². The molecule has 0 saturated carbocycles. The summed E-state index contributed by atoms with van der Waals surface area (Å²) < 4.78 is 24.5. The van der Waals surface area contributed by atoms with Crippen molar-refractivity contribution in [1.82, 2.24) is 4.57 Å². The minimum Gasteiger partial charge on any atom is -0.493 e. The number of nitrogens with zero attached hydrogens (tertiary/aromatic N) is 2.